The minimum Gasteiger partial charge on any atom is -0.348 e. The number of carbonyl (C=O) groups excluding carboxylic acids is 1. The van der Waals surface area contributed by atoms with Crippen molar-refractivity contribution in [3.8, 4) is 0 Å². The Hall–Kier alpha value is -1.98. The van der Waals surface area contributed by atoms with Gasteiger partial charge < -0.3 is 10.2 Å². The van der Waals surface area contributed by atoms with Gasteiger partial charge in [-0.2, -0.15) is 13.2 Å². The number of nitrogens with zero attached hydrogens (tertiary/aromatic N) is 1. The summed E-state index contributed by atoms with van der Waals surface area (Å²) >= 11 is 0. The van der Waals surface area contributed by atoms with Gasteiger partial charge in [0.25, 0.3) is 5.91 Å². The number of rotatable bonds is 4. The summed E-state index contributed by atoms with van der Waals surface area (Å²) in [5.41, 5.74) is -1.73. The van der Waals surface area contributed by atoms with E-state index in [2.05, 4.69) is 11.9 Å². The third-order valence-electron chi connectivity index (χ3n) is 4.33. The Kier molecular flexibility index (Phi) is 3.42. The standard InChI is InChI=1S/C16H17F3N2O/c1-2-9-15(16(17,18)19)14(22)20-12-5-3-4-6-13(12)21(15)10-11-7-8-11/h2-6,11H,1,7-10H2,(H,20,22). The highest BCUT2D eigenvalue weighted by molar-refractivity contribution is 6.07. The van der Waals surface area contributed by atoms with Crippen molar-refractivity contribution < 1.29 is 18.0 Å². The summed E-state index contributed by atoms with van der Waals surface area (Å²) in [5.74, 6) is -0.815. The van der Waals surface area contributed by atoms with Gasteiger partial charge in [-0.1, -0.05) is 18.2 Å². The molecule has 1 atom stereocenters. The molecule has 6 heteroatoms. The Morgan fingerprint density at radius 3 is 2.64 bits per heavy atom. The van der Waals surface area contributed by atoms with Crippen molar-refractivity contribution in [2.24, 2.45) is 5.92 Å². The monoisotopic (exact) mass is 310 g/mol. The fourth-order valence-electron chi connectivity index (χ4n) is 2.99. The van der Waals surface area contributed by atoms with Crippen molar-refractivity contribution in [2.75, 3.05) is 16.8 Å². The number of carbonyl (C=O) groups is 1. The first-order chi connectivity index (χ1) is 10.4. The molecule has 0 aromatic heterocycles. The molecule has 118 valence electrons. The van der Waals surface area contributed by atoms with Crippen LogP contribution < -0.4 is 10.2 Å². The summed E-state index contributed by atoms with van der Waals surface area (Å²) in [6.07, 6.45) is -2.18. The van der Waals surface area contributed by atoms with Gasteiger partial charge in [0.2, 0.25) is 5.54 Å². The molecule has 1 aliphatic carbocycles. The van der Waals surface area contributed by atoms with Gasteiger partial charge in [0.1, 0.15) is 0 Å². The van der Waals surface area contributed by atoms with Crippen LogP contribution >= 0.6 is 0 Å². The van der Waals surface area contributed by atoms with Crippen LogP contribution in [0.5, 0.6) is 0 Å². The molecule has 1 saturated carbocycles. The molecule has 0 saturated heterocycles. The lowest BCUT2D eigenvalue weighted by Crippen LogP contribution is -2.68. The molecule has 1 heterocycles. The van der Waals surface area contributed by atoms with E-state index in [1.54, 1.807) is 24.3 Å². The molecule has 1 fully saturated rings. The number of para-hydroxylation sites is 2. The molecule has 1 aliphatic heterocycles. The van der Waals surface area contributed by atoms with Crippen LogP contribution in [0.4, 0.5) is 24.5 Å². The van der Waals surface area contributed by atoms with Gasteiger partial charge in [0.05, 0.1) is 11.4 Å². The number of fused-ring (bicyclic) bond motifs is 1. The predicted octanol–water partition coefficient (Wildman–Crippen LogP) is 3.73. The zero-order valence-electron chi connectivity index (χ0n) is 12.0. The van der Waals surface area contributed by atoms with E-state index in [0.717, 1.165) is 12.8 Å². The Bertz CT molecular complexity index is 610. The van der Waals surface area contributed by atoms with Crippen LogP contribution in [-0.2, 0) is 4.79 Å². The molecule has 1 aromatic rings. The lowest BCUT2D eigenvalue weighted by Gasteiger charge is -2.48. The second kappa shape index (κ2) is 5.04. The van der Waals surface area contributed by atoms with E-state index in [1.165, 1.54) is 11.0 Å². The van der Waals surface area contributed by atoms with E-state index in [0.29, 0.717) is 11.4 Å². The molecule has 3 rings (SSSR count). The largest absolute Gasteiger partial charge is 0.421 e. The van der Waals surface area contributed by atoms with Gasteiger partial charge in [-0.05, 0) is 30.9 Å². The van der Waals surface area contributed by atoms with E-state index < -0.39 is 24.0 Å². The molecular formula is C16H17F3N2O. The molecule has 1 unspecified atom stereocenters. The van der Waals surface area contributed by atoms with E-state index in [9.17, 15) is 18.0 Å². The second-order valence-electron chi connectivity index (χ2n) is 5.88. The third-order valence-corrected chi connectivity index (χ3v) is 4.33. The normalized spacial score (nSPS) is 24.7. The highest BCUT2D eigenvalue weighted by Gasteiger charge is 2.65. The Morgan fingerprint density at radius 2 is 2.05 bits per heavy atom. The maximum atomic E-state index is 13.9. The molecule has 2 aliphatic rings. The van der Waals surface area contributed by atoms with Crippen molar-refractivity contribution in [3.63, 3.8) is 0 Å². The average Bonchev–Trinajstić information content (AvgIpc) is 3.25. The summed E-state index contributed by atoms with van der Waals surface area (Å²) in [6.45, 7) is 3.66. The SMILES string of the molecule is C=CCC1(C(F)(F)F)C(=O)Nc2ccccc2N1CC1CC1. The van der Waals surface area contributed by atoms with Crippen LogP contribution in [-0.4, -0.2) is 24.2 Å². The number of nitrogens with one attached hydrogen (secondary N) is 1. The van der Waals surface area contributed by atoms with E-state index in [-0.39, 0.29) is 12.5 Å². The first-order valence-corrected chi connectivity index (χ1v) is 7.26. The molecule has 0 radical (unpaired) electrons. The van der Waals surface area contributed by atoms with Crippen molar-refractivity contribution in [3.05, 3.63) is 36.9 Å². The van der Waals surface area contributed by atoms with Gasteiger partial charge in [-0.25, -0.2) is 0 Å². The highest BCUT2D eigenvalue weighted by Crippen LogP contribution is 2.48. The van der Waals surface area contributed by atoms with Gasteiger partial charge in [0, 0.05) is 13.0 Å². The lowest BCUT2D eigenvalue weighted by molar-refractivity contribution is -0.189. The van der Waals surface area contributed by atoms with Crippen molar-refractivity contribution in [1.82, 2.24) is 0 Å². The van der Waals surface area contributed by atoms with Crippen molar-refractivity contribution in [2.45, 2.75) is 31.0 Å². The third kappa shape index (κ3) is 2.17. The molecule has 0 bridgehead atoms. The van der Waals surface area contributed by atoms with Crippen LogP contribution in [0.1, 0.15) is 19.3 Å². The lowest BCUT2D eigenvalue weighted by atomic mass is 9.87. The molecule has 0 spiro atoms. The number of halogens is 3. The number of benzene rings is 1. The number of amides is 1. The topological polar surface area (TPSA) is 32.3 Å². The Morgan fingerprint density at radius 1 is 1.36 bits per heavy atom. The summed E-state index contributed by atoms with van der Waals surface area (Å²) in [6, 6.07) is 6.63. The smallest absolute Gasteiger partial charge is 0.348 e. The molecular weight excluding hydrogens is 293 g/mol. The first-order valence-electron chi connectivity index (χ1n) is 7.26. The average molecular weight is 310 g/mol. The summed E-state index contributed by atoms with van der Waals surface area (Å²) in [7, 11) is 0. The van der Waals surface area contributed by atoms with Gasteiger partial charge in [0.15, 0.2) is 0 Å². The van der Waals surface area contributed by atoms with Crippen molar-refractivity contribution >= 4 is 17.3 Å². The summed E-state index contributed by atoms with van der Waals surface area (Å²) < 4.78 is 41.7. The maximum absolute atomic E-state index is 13.9. The minimum absolute atomic E-state index is 0.213. The number of hydrogen-bond donors (Lipinski definition) is 1. The fraction of sp³-hybridized carbons (Fsp3) is 0.438. The van der Waals surface area contributed by atoms with Crippen LogP contribution in [0.2, 0.25) is 0 Å². The van der Waals surface area contributed by atoms with Crippen LogP contribution in [0, 0.1) is 5.92 Å². The van der Waals surface area contributed by atoms with Gasteiger partial charge in [-0.15, -0.1) is 6.58 Å². The Labute approximate surface area is 126 Å². The second-order valence-corrected chi connectivity index (χ2v) is 5.88. The first kappa shape index (κ1) is 14.9. The summed E-state index contributed by atoms with van der Waals surface area (Å²) in [4.78, 5) is 13.6. The highest BCUT2D eigenvalue weighted by atomic mass is 19.4. The fourth-order valence-corrected chi connectivity index (χ4v) is 2.99. The van der Waals surface area contributed by atoms with Crippen LogP contribution in [0.15, 0.2) is 36.9 Å². The zero-order chi connectivity index (χ0) is 16.0. The van der Waals surface area contributed by atoms with Crippen LogP contribution in [0.25, 0.3) is 0 Å². The molecule has 1 amide bonds. The molecule has 1 N–H and O–H groups in total. The molecule has 1 aromatic carbocycles. The maximum Gasteiger partial charge on any atom is 0.421 e. The van der Waals surface area contributed by atoms with E-state index >= 15 is 0 Å². The van der Waals surface area contributed by atoms with Crippen LogP contribution in [0.3, 0.4) is 0 Å². The summed E-state index contributed by atoms with van der Waals surface area (Å²) in [5, 5.41) is 2.42. The minimum atomic E-state index is -4.69. The van der Waals surface area contributed by atoms with E-state index in [1.807, 2.05) is 0 Å². The van der Waals surface area contributed by atoms with Crippen molar-refractivity contribution in [1.29, 1.82) is 0 Å². The Balaban J connectivity index is 2.16. The number of anilines is 2. The predicted molar refractivity (Wildman–Crippen MR) is 78.7 cm³/mol. The number of alkyl halides is 3. The zero-order valence-corrected chi connectivity index (χ0v) is 12.0. The molecule has 22 heavy (non-hydrogen) atoms. The quantitative estimate of drug-likeness (QED) is 0.859. The van der Waals surface area contributed by atoms with Gasteiger partial charge >= 0.3 is 6.18 Å². The molecule has 3 nitrogen and oxygen atoms in total. The number of hydrogen-bond acceptors (Lipinski definition) is 2. The van der Waals surface area contributed by atoms with E-state index in [4.69, 9.17) is 0 Å². The van der Waals surface area contributed by atoms with Gasteiger partial charge in [-0.3, -0.25) is 4.79 Å².